The van der Waals surface area contributed by atoms with Crippen LogP contribution in [0.1, 0.15) is 12.5 Å². The van der Waals surface area contributed by atoms with Crippen LogP contribution < -0.4 is 0 Å². The normalized spacial score (nSPS) is 10.4. The minimum atomic E-state index is -1.33. The van der Waals surface area contributed by atoms with Crippen LogP contribution in [0.4, 0.5) is 13.2 Å². The summed E-state index contributed by atoms with van der Waals surface area (Å²) >= 11 is 5.18. The van der Waals surface area contributed by atoms with E-state index in [4.69, 9.17) is 11.6 Å². The maximum Gasteiger partial charge on any atom is 0.180 e. The summed E-state index contributed by atoms with van der Waals surface area (Å²) in [7, 11) is 0. The molecule has 0 unspecified atom stereocenters. The third-order valence-corrected chi connectivity index (χ3v) is 1.89. The molecule has 12 heavy (non-hydrogen) atoms. The number of halogens is 4. The Bertz CT molecular complexity index is 310. The molecule has 0 aromatic heterocycles. The first-order valence-corrected chi connectivity index (χ1v) is 3.77. The number of hydrogen-bond donors (Lipinski definition) is 0. The fourth-order valence-electron chi connectivity index (χ4n) is 0.879. The van der Waals surface area contributed by atoms with Crippen LogP contribution in [0.2, 0.25) is 5.02 Å². The predicted octanol–water partition coefficient (Wildman–Crippen LogP) is 3.32. The average Bonchev–Trinajstić information content (AvgIpc) is 2.08. The molecule has 0 aliphatic carbocycles. The van der Waals surface area contributed by atoms with Crippen molar-refractivity contribution in [2.24, 2.45) is 0 Å². The van der Waals surface area contributed by atoms with Crippen molar-refractivity contribution >= 4 is 11.6 Å². The zero-order valence-corrected chi connectivity index (χ0v) is 7.05. The van der Waals surface area contributed by atoms with Crippen molar-refractivity contribution in [3.05, 3.63) is 34.1 Å². The standard InChI is InChI=1S/C8H6ClF3/c1-2-4-3-5(10)8(12)6(9)7(4)11/h3H,2H2,1H3. The Hall–Kier alpha value is -0.700. The van der Waals surface area contributed by atoms with Crippen molar-refractivity contribution in [1.82, 2.24) is 0 Å². The molecule has 1 aromatic carbocycles. The number of benzene rings is 1. The van der Waals surface area contributed by atoms with E-state index in [0.29, 0.717) is 0 Å². The molecule has 66 valence electrons. The van der Waals surface area contributed by atoms with Crippen LogP contribution in [0.15, 0.2) is 6.07 Å². The van der Waals surface area contributed by atoms with E-state index in [9.17, 15) is 13.2 Å². The molecule has 0 radical (unpaired) electrons. The Morgan fingerprint density at radius 3 is 2.33 bits per heavy atom. The van der Waals surface area contributed by atoms with Gasteiger partial charge in [0.1, 0.15) is 10.8 Å². The Kier molecular flexibility index (Phi) is 2.62. The topological polar surface area (TPSA) is 0 Å². The maximum absolute atomic E-state index is 12.9. The fourth-order valence-corrected chi connectivity index (χ4v) is 1.09. The summed E-state index contributed by atoms with van der Waals surface area (Å²) in [5.74, 6) is -3.32. The van der Waals surface area contributed by atoms with Gasteiger partial charge < -0.3 is 0 Å². The number of hydrogen-bond acceptors (Lipinski definition) is 0. The Morgan fingerprint density at radius 1 is 1.25 bits per heavy atom. The summed E-state index contributed by atoms with van der Waals surface area (Å²) in [6.07, 6.45) is 0.281. The highest BCUT2D eigenvalue weighted by atomic mass is 35.5. The van der Waals surface area contributed by atoms with Gasteiger partial charge in [0.15, 0.2) is 11.6 Å². The summed E-state index contributed by atoms with van der Waals surface area (Å²) < 4.78 is 38.0. The van der Waals surface area contributed by atoms with Crippen molar-refractivity contribution in [3.8, 4) is 0 Å². The second-order valence-electron chi connectivity index (χ2n) is 2.31. The highest BCUT2D eigenvalue weighted by molar-refractivity contribution is 6.30. The molecule has 0 saturated heterocycles. The lowest BCUT2D eigenvalue weighted by Crippen LogP contribution is -1.96. The van der Waals surface area contributed by atoms with Crippen LogP contribution in [0.5, 0.6) is 0 Å². The van der Waals surface area contributed by atoms with Gasteiger partial charge in [-0.15, -0.1) is 0 Å². The largest absolute Gasteiger partial charge is 0.205 e. The number of aryl methyl sites for hydroxylation is 1. The van der Waals surface area contributed by atoms with E-state index in [0.717, 1.165) is 6.07 Å². The Balaban J connectivity index is 3.39. The molecule has 0 fully saturated rings. The quantitative estimate of drug-likeness (QED) is 0.475. The molecule has 4 heteroatoms. The summed E-state index contributed by atoms with van der Waals surface area (Å²) in [4.78, 5) is 0. The van der Waals surface area contributed by atoms with Crippen molar-refractivity contribution in [1.29, 1.82) is 0 Å². The van der Waals surface area contributed by atoms with Gasteiger partial charge in [0.05, 0.1) is 0 Å². The molecule has 0 atom stereocenters. The van der Waals surface area contributed by atoms with E-state index < -0.39 is 22.5 Å². The highest BCUT2D eigenvalue weighted by Gasteiger charge is 2.15. The van der Waals surface area contributed by atoms with Gasteiger partial charge in [0, 0.05) is 0 Å². The SMILES string of the molecule is CCc1cc(F)c(F)c(Cl)c1F. The van der Waals surface area contributed by atoms with Crippen molar-refractivity contribution < 1.29 is 13.2 Å². The molecule has 0 nitrogen and oxygen atoms in total. The van der Waals surface area contributed by atoms with Crippen LogP contribution in [-0.2, 0) is 6.42 Å². The van der Waals surface area contributed by atoms with Gasteiger partial charge in [-0.25, -0.2) is 13.2 Å². The Morgan fingerprint density at radius 2 is 1.83 bits per heavy atom. The van der Waals surface area contributed by atoms with E-state index in [-0.39, 0.29) is 12.0 Å². The molecule has 1 aromatic rings. The third-order valence-electron chi connectivity index (χ3n) is 1.56. The molecule has 0 N–H and O–H groups in total. The fraction of sp³-hybridized carbons (Fsp3) is 0.250. The second kappa shape index (κ2) is 3.35. The molecule has 0 saturated carbocycles. The zero-order valence-electron chi connectivity index (χ0n) is 6.30. The first-order chi connectivity index (χ1) is 5.57. The highest BCUT2D eigenvalue weighted by Crippen LogP contribution is 2.24. The summed E-state index contributed by atoms with van der Waals surface area (Å²) in [5.41, 5.74) is 0.0823. The molecule has 0 heterocycles. The maximum atomic E-state index is 12.9. The van der Waals surface area contributed by atoms with E-state index in [2.05, 4.69) is 0 Å². The van der Waals surface area contributed by atoms with E-state index in [1.165, 1.54) is 0 Å². The Labute approximate surface area is 73.0 Å². The molecule has 0 spiro atoms. The molecule has 0 amide bonds. The van der Waals surface area contributed by atoms with Gasteiger partial charge in [-0.3, -0.25) is 0 Å². The monoisotopic (exact) mass is 194 g/mol. The molecule has 1 rings (SSSR count). The predicted molar refractivity (Wildman–Crippen MR) is 40.7 cm³/mol. The third kappa shape index (κ3) is 1.41. The summed E-state index contributed by atoms with van der Waals surface area (Å²) in [6.45, 7) is 1.63. The lowest BCUT2D eigenvalue weighted by Gasteiger charge is -2.03. The first-order valence-electron chi connectivity index (χ1n) is 3.39. The van der Waals surface area contributed by atoms with Crippen LogP contribution in [0, 0.1) is 17.5 Å². The van der Waals surface area contributed by atoms with Crippen molar-refractivity contribution in [3.63, 3.8) is 0 Å². The number of rotatable bonds is 1. The van der Waals surface area contributed by atoms with Crippen LogP contribution in [0.3, 0.4) is 0 Å². The average molecular weight is 195 g/mol. The van der Waals surface area contributed by atoms with Gasteiger partial charge in [-0.1, -0.05) is 18.5 Å². The van der Waals surface area contributed by atoms with Crippen LogP contribution in [-0.4, -0.2) is 0 Å². The molecule has 0 bridgehead atoms. The van der Waals surface area contributed by atoms with Crippen molar-refractivity contribution in [2.45, 2.75) is 13.3 Å². The van der Waals surface area contributed by atoms with Crippen LogP contribution >= 0.6 is 11.6 Å². The van der Waals surface area contributed by atoms with Crippen LogP contribution in [0.25, 0.3) is 0 Å². The molecule has 0 aliphatic rings. The lowest BCUT2D eigenvalue weighted by molar-refractivity contribution is 0.491. The van der Waals surface area contributed by atoms with E-state index >= 15 is 0 Å². The van der Waals surface area contributed by atoms with Gasteiger partial charge in [0.25, 0.3) is 0 Å². The molecular formula is C8H6ClF3. The molecule has 0 aliphatic heterocycles. The van der Waals surface area contributed by atoms with Gasteiger partial charge >= 0.3 is 0 Å². The minimum absolute atomic E-state index is 0.0823. The van der Waals surface area contributed by atoms with Gasteiger partial charge in [0.2, 0.25) is 0 Å². The minimum Gasteiger partial charge on any atom is -0.205 e. The van der Waals surface area contributed by atoms with Gasteiger partial charge in [-0.05, 0) is 18.1 Å². The second-order valence-corrected chi connectivity index (χ2v) is 2.69. The van der Waals surface area contributed by atoms with E-state index in [1.54, 1.807) is 6.92 Å². The van der Waals surface area contributed by atoms with E-state index in [1.807, 2.05) is 0 Å². The summed E-state index contributed by atoms with van der Waals surface area (Å²) in [5, 5.41) is -0.771. The molecular weight excluding hydrogens is 189 g/mol. The van der Waals surface area contributed by atoms with Crippen molar-refractivity contribution in [2.75, 3.05) is 0 Å². The van der Waals surface area contributed by atoms with Gasteiger partial charge in [-0.2, -0.15) is 0 Å². The zero-order chi connectivity index (χ0) is 9.30. The smallest absolute Gasteiger partial charge is 0.180 e. The first kappa shape index (κ1) is 9.39. The summed E-state index contributed by atoms with van der Waals surface area (Å²) in [6, 6.07) is 0.816. The lowest BCUT2D eigenvalue weighted by atomic mass is 10.1.